The highest BCUT2D eigenvalue weighted by molar-refractivity contribution is 7.98. The number of thioether (sulfide) groups is 1. The van der Waals surface area contributed by atoms with Crippen molar-refractivity contribution < 1.29 is 14.6 Å². The number of carbonyl (C=O) groups is 1. The third kappa shape index (κ3) is 3.11. The Kier molecular flexibility index (Phi) is 4.85. The first-order valence-electron chi connectivity index (χ1n) is 6.39. The van der Waals surface area contributed by atoms with Crippen LogP contribution in [-0.2, 0) is 4.74 Å². The van der Waals surface area contributed by atoms with Crippen molar-refractivity contribution in [2.45, 2.75) is 24.0 Å². The van der Waals surface area contributed by atoms with E-state index in [9.17, 15) is 9.90 Å². The average Bonchev–Trinajstić information content (AvgIpc) is 2.80. The molecule has 0 bridgehead atoms. The summed E-state index contributed by atoms with van der Waals surface area (Å²) in [6.07, 6.45) is 1.09. The van der Waals surface area contributed by atoms with Gasteiger partial charge in [0.05, 0.1) is 11.7 Å². The van der Waals surface area contributed by atoms with Gasteiger partial charge in [0.2, 0.25) is 0 Å². The lowest BCUT2D eigenvalue weighted by molar-refractivity contribution is -0.00237. The lowest BCUT2D eigenvalue weighted by atomic mass is 10.2. The summed E-state index contributed by atoms with van der Waals surface area (Å²) in [5, 5.41) is 9.89. The van der Waals surface area contributed by atoms with Gasteiger partial charge in [0.25, 0.3) is 5.91 Å². The van der Waals surface area contributed by atoms with Crippen LogP contribution in [0, 0.1) is 0 Å². The number of rotatable bonds is 4. The van der Waals surface area contributed by atoms with Gasteiger partial charge in [-0.15, -0.1) is 11.8 Å². The Labute approximate surface area is 117 Å². The zero-order chi connectivity index (χ0) is 13.8. The van der Waals surface area contributed by atoms with Crippen LogP contribution < -0.4 is 0 Å². The minimum Gasteiger partial charge on any atom is -0.388 e. The summed E-state index contributed by atoms with van der Waals surface area (Å²) < 4.78 is 5.44. The number of hydrogen-bond acceptors (Lipinski definition) is 4. The maximum atomic E-state index is 12.5. The highest BCUT2D eigenvalue weighted by Gasteiger charge is 2.35. The molecule has 1 N–H and O–H groups in total. The molecule has 0 aromatic heterocycles. The largest absolute Gasteiger partial charge is 0.388 e. The van der Waals surface area contributed by atoms with E-state index in [0.717, 1.165) is 4.90 Å². The van der Waals surface area contributed by atoms with Crippen molar-refractivity contribution in [3.05, 3.63) is 29.8 Å². The van der Waals surface area contributed by atoms with Crippen LogP contribution in [-0.4, -0.2) is 54.1 Å². The van der Waals surface area contributed by atoms with E-state index < -0.39 is 6.10 Å². The van der Waals surface area contributed by atoms with E-state index in [1.165, 1.54) is 0 Å². The Morgan fingerprint density at radius 3 is 2.89 bits per heavy atom. The van der Waals surface area contributed by atoms with Crippen LogP contribution in [0.1, 0.15) is 17.3 Å². The van der Waals surface area contributed by atoms with Gasteiger partial charge in [-0.25, -0.2) is 0 Å². The van der Waals surface area contributed by atoms with Crippen LogP contribution in [0.3, 0.4) is 0 Å². The second-order valence-corrected chi connectivity index (χ2v) is 5.32. The van der Waals surface area contributed by atoms with Crippen LogP contribution in [0.5, 0.6) is 0 Å². The molecule has 1 fully saturated rings. The number of benzene rings is 1. The van der Waals surface area contributed by atoms with E-state index in [-0.39, 0.29) is 12.0 Å². The van der Waals surface area contributed by atoms with E-state index in [0.29, 0.717) is 25.3 Å². The number of aliphatic hydroxyl groups excluding tert-OH is 1. The molecule has 104 valence electrons. The third-order valence-corrected chi connectivity index (χ3v) is 4.04. The molecule has 0 saturated carbocycles. The Morgan fingerprint density at radius 1 is 1.47 bits per heavy atom. The van der Waals surface area contributed by atoms with E-state index in [1.54, 1.807) is 16.7 Å². The number of nitrogens with zero attached hydrogens (tertiary/aromatic N) is 1. The van der Waals surface area contributed by atoms with Crippen molar-refractivity contribution >= 4 is 17.7 Å². The van der Waals surface area contributed by atoms with Crippen molar-refractivity contribution in [3.8, 4) is 0 Å². The second-order valence-electron chi connectivity index (χ2n) is 4.47. The first-order chi connectivity index (χ1) is 9.17. The van der Waals surface area contributed by atoms with E-state index in [4.69, 9.17) is 4.74 Å². The average molecular weight is 281 g/mol. The second kappa shape index (κ2) is 6.41. The number of hydrogen-bond donors (Lipinski definition) is 1. The highest BCUT2D eigenvalue weighted by Crippen LogP contribution is 2.23. The van der Waals surface area contributed by atoms with Crippen molar-refractivity contribution in [1.29, 1.82) is 0 Å². The van der Waals surface area contributed by atoms with Crippen molar-refractivity contribution in [1.82, 2.24) is 4.90 Å². The molecule has 5 heteroatoms. The molecular formula is C14H19NO3S. The molecule has 1 heterocycles. The molecule has 1 aliphatic rings. The number of β-amino-alcohol motifs (C(OH)–C–C–N with tert-alkyl or cyclic N) is 1. The van der Waals surface area contributed by atoms with E-state index in [1.807, 2.05) is 37.4 Å². The predicted octanol–water partition coefficient (Wildman–Crippen LogP) is 1.63. The molecular weight excluding hydrogens is 262 g/mol. The van der Waals surface area contributed by atoms with Crippen LogP contribution in [0.15, 0.2) is 29.2 Å². The molecule has 1 amide bonds. The summed E-state index contributed by atoms with van der Waals surface area (Å²) in [6, 6.07) is 7.54. The Morgan fingerprint density at radius 2 is 2.21 bits per heavy atom. The number of likely N-dealkylation sites (tertiary alicyclic amines) is 1. The first kappa shape index (κ1) is 14.4. The van der Waals surface area contributed by atoms with Gasteiger partial charge in [-0.05, 0) is 25.3 Å². The fourth-order valence-corrected chi connectivity index (χ4v) is 2.88. The molecule has 0 spiro atoms. The molecule has 1 saturated heterocycles. The summed E-state index contributed by atoms with van der Waals surface area (Å²) in [5.41, 5.74) is 0.694. The van der Waals surface area contributed by atoms with Crippen LogP contribution in [0.4, 0.5) is 0 Å². The summed E-state index contributed by atoms with van der Waals surface area (Å²) >= 11 is 1.55. The molecule has 2 atom stereocenters. The van der Waals surface area contributed by atoms with Gasteiger partial charge in [-0.3, -0.25) is 4.79 Å². The van der Waals surface area contributed by atoms with Gasteiger partial charge in [-0.1, -0.05) is 12.1 Å². The fourth-order valence-electron chi connectivity index (χ4n) is 2.29. The summed E-state index contributed by atoms with van der Waals surface area (Å²) in [7, 11) is 0. The topological polar surface area (TPSA) is 49.8 Å². The number of amides is 1. The van der Waals surface area contributed by atoms with Crippen molar-refractivity contribution in [2.24, 2.45) is 0 Å². The highest BCUT2D eigenvalue weighted by atomic mass is 32.2. The normalized spacial score (nSPS) is 22.8. The Balaban J connectivity index is 2.13. The minimum atomic E-state index is -0.592. The zero-order valence-corrected chi connectivity index (χ0v) is 12.0. The standard InChI is InChI=1S/C14H19NO3S/c1-3-18-12-9-15(8-11(12)16)14(17)10-6-4-5-7-13(10)19-2/h4-7,11-12,16H,3,8-9H2,1-2H3/t11-,12-/m0/s1. The van der Waals surface area contributed by atoms with E-state index >= 15 is 0 Å². The molecule has 2 rings (SSSR count). The van der Waals surface area contributed by atoms with Gasteiger partial charge in [0, 0.05) is 24.6 Å². The zero-order valence-electron chi connectivity index (χ0n) is 11.2. The molecule has 1 aromatic carbocycles. The predicted molar refractivity (Wildman–Crippen MR) is 75.5 cm³/mol. The maximum Gasteiger partial charge on any atom is 0.255 e. The monoisotopic (exact) mass is 281 g/mol. The lowest BCUT2D eigenvalue weighted by Crippen LogP contribution is -2.30. The molecule has 4 nitrogen and oxygen atoms in total. The van der Waals surface area contributed by atoms with Gasteiger partial charge >= 0.3 is 0 Å². The third-order valence-electron chi connectivity index (χ3n) is 3.24. The quantitative estimate of drug-likeness (QED) is 0.852. The Hall–Kier alpha value is -1.04. The summed E-state index contributed by atoms with van der Waals surface area (Å²) in [5.74, 6) is -0.0359. The SMILES string of the molecule is CCO[C@H]1CN(C(=O)c2ccccc2SC)C[C@@H]1O. The minimum absolute atomic E-state index is 0.0359. The van der Waals surface area contributed by atoms with Crippen molar-refractivity contribution in [3.63, 3.8) is 0 Å². The summed E-state index contributed by atoms with van der Waals surface area (Å²) in [6.45, 7) is 3.23. The molecule has 0 unspecified atom stereocenters. The number of aliphatic hydroxyl groups is 1. The van der Waals surface area contributed by atoms with Gasteiger partial charge in [-0.2, -0.15) is 0 Å². The van der Waals surface area contributed by atoms with Crippen LogP contribution in [0.2, 0.25) is 0 Å². The molecule has 0 aliphatic carbocycles. The molecule has 19 heavy (non-hydrogen) atoms. The fraction of sp³-hybridized carbons (Fsp3) is 0.500. The number of carbonyl (C=O) groups excluding carboxylic acids is 1. The van der Waals surface area contributed by atoms with E-state index in [2.05, 4.69) is 0 Å². The van der Waals surface area contributed by atoms with Crippen LogP contribution >= 0.6 is 11.8 Å². The molecule has 0 radical (unpaired) electrons. The van der Waals surface area contributed by atoms with Gasteiger partial charge in [0.15, 0.2) is 0 Å². The van der Waals surface area contributed by atoms with Crippen LogP contribution in [0.25, 0.3) is 0 Å². The van der Waals surface area contributed by atoms with Crippen molar-refractivity contribution in [2.75, 3.05) is 26.0 Å². The van der Waals surface area contributed by atoms with Gasteiger partial charge in [0.1, 0.15) is 6.10 Å². The number of ether oxygens (including phenoxy) is 1. The summed E-state index contributed by atoms with van der Waals surface area (Å²) in [4.78, 5) is 15.1. The maximum absolute atomic E-state index is 12.5. The lowest BCUT2D eigenvalue weighted by Gasteiger charge is -2.17. The first-order valence-corrected chi connectivity index (χ1v) is 7.61. The molecule has 1 aliphatic heterocycles. The Bertz CT molecular complexity index is 452. The van der Waals surface area contributed by atoms with Gasteiger partial charge < -0.3 is 14.7 Å². The molecule has 1 aromatic rings. The smallest absolute Gasteiger partial charge is 0.255 e.